The topological polar surface area (TPSA) is 75.7 Å². The number of amides is 3. The van der Waals surface area contributed by atoms with Crippen molar-refractivity contribution < 1.29 is 19.1 Å². The zero-order chi connectivity index (χ0) is 21.0. The second kappa shape index (κ2) is 8.96. The highest BCUT2D eigenvalue weighted by atomic mass is 32.2. The van der Waals surface area contributed by atoms with Gasteiger partial charge < -0.3 is 10.1 Å². The second-order valence-electron chi connectivity index (χ2n) is 6.70. The Labute approximate surface area is 173 Å². The van der Waals surface area contributed by atoms with E-state index in [-0.39, 0.29) is 11.4 Å². The Morgan fingerprint density at radius 2 is 1.86 bits per heavy atom. The third kappa shape index (κ3) is 5.26. The molecule has 1 heterocycles. The van der Waals surface area contributed by atoms with Gasteiger partial charge in [-0.05, 0) is 79.6 Å². The second-order valence-corrected chi connectivity index (χ2v) is 7.69. The number of nitrogens with one attached hydrogen (secondary N) is 1. The molecule has 1 fully saturated rings. The molecule has 2 aromatic rings. The quantitative estimate of drug-likeness (QED) is 0.716. The molecule has 1 saturated heterocycles. The number of nitrogens with zero attached hydrogens (tertiary/aromatic N) is 1. The maximum atomic E-state index is 12.6. The van der Waals surface area contributed by atoms with Crippen molar-refractivity contribution >= 4 is 40.6 Å². The molecule has 0 atom stereocenters. The fourth-order valence-corrected chi connectivity index (χ4v) is 3.88. The third-order valence-electron chi connectivity index (χ3n) is 4.15. The standard InChI is InChI=1S/C22H22N2O4S/c1-4-28-18-7-5-6-16(11-18)12-19-21(26)24(22(27)29-19)13-20(25)23-17-9-14(2)8-15(3)10-17/h5-12H,4,13H2,1-3H3,(H,23,25)/b19-12-. The lowest BCUT2D eigenvalue weighted by Crippen LogP contribution is -2.36. The van der Waals surface area contributed by atoms with Crippen LogP contribution in [0.3, 0.4) is 0 Å². The Balaban J connectivity index is 1.70. The smallest absolute Gasteiger partial charge is 0.294 e. The van der Waals surface area contributed by atoms with Crippen LogP contribution in [0.2, 0.25) is 0 Å². The van der Waals surface area contributed by atoms with Gasteiger partial charge in [0.05, 0.1) is 11.5 Å². The van der Waals surface area contributed by atoms with Crippen molar-refractivity contribution in [3.8, 4) is 5.75 Å². The summed E-state index contributed by atoms with van der Waals surface area (Å²) in [6.45, 7) is 5.97. The van der Waals surface area contributed by atoms with Crippen LogP contribution in [0, 0.1) is 13.8 Å². The molecule has 1 N–H and O–H groups in total. The van der Waals surface area contributed by atoms with Crippen LogP contribution in [0.4, 0.5) is 10.5 Å². The molecule has 0 bridgehead atoms. The van der Waals surface area contributed by atoms with Crippen LogP contribution in [-0.4, -0.2) is 35.1 Å². The number of thioether (sulfide) groups is 1. The molecule has 0 aliphatic carbocycles. The molecule has 3 amide bonds. The van der Waals surface area contributed by atoms with Gasteiger partial charge in [0, 0.05) is 5.69 Å². The molecule has 3 rings (SSSR count). The lowest BCUT2D eigenvalue weighted by molar-refractivity contribution is -0.127. The first-order chi connectivity index (χ1) is 13.9. The summed E-state index contributed by atoms with van der Waals surface area (Å²) < 4.78 is 5.45. The number of ether oxygens (including phenoxy) is 1. The molecular formula is C22H22N2O4S. The summed E-state index contributed by atoms with van der Waals surface area (Å²) in [5.41, 5.74) is 3.43. The van der Waals surface area contributed by atoms with Crippen LogP contribution < -0.4 is 10.1 Å². The molecule has 6 nitrogen and oxygen atoms in total. The molecule has 1 aliphatic rings. The van der Waals surface area contributed by atoms with Crippen LogP contribution in [0.1, 0.15) is 23.6 Å². The zero-order valence-electron chi connectivity index (χ0n) is 16.5. The van der Waals surface area contributed by atoms with Crippen molar-refractivity contribution in [1.29, 1.82) is 0 Å². The van der Waals surface area contributed by atoms with Crippen LogP contribution in [0.15, 0.2) is 47.4 Å². The van der Waals surface area contributed by atoms with Gasteiger partial charge in [0.25, 0.3) is 11.1 Å². The Morgan fingerprint density at radius 3 is 2.55 bits per heavy atom. The Morgan fingerprint density at radius 1 is 1.14 bits per heavy atom. The lowest BCUT2D eigenvalue weighted by Gasteiger charge is -2.13. The summed E-state index contributed by atoms with van der Waals surface area (Å²) in [5, 5.41) is 2.29. The summed E-state index contributed by atoms with van der Waals surface area (Å²) in [4.78, 5) is 38.5. The summed E-state index contributed by atoms with van der Waals surface area (Å²) in [6, 6.07) is 12.9. The molecule has 150 valence electrons. The molecule has 2 aromatic carbocycles. The Kier molecular flexibility index (Phi) is 6.39. The van der Waals surface area contributed by atoms with Crippen molar-refractivity contribution in [1.82, 2.24) is 4.90 Å². The van der Waals surface area contributed by atoms with Crippen molar-refractivity contribution in [3.63, 3.8) is 0 Å². The molecule has 0 unspecified atom stereocenters. The van der Waals surface area contributed by atoms with Gasteiger partial charge in [0.15, 0.2) is 0 Å². The number of anilines is 1. The largest absolute Gasteiger partial charge is 0.494 e. The minimum Gasteiger partial charge on any atom is -0.494 e. The number of aryl methyl sites for hydroxylation is 2. The van der Waals surface area contributed by atoms with Gasteiger partial charge in [-0.25, -0.2) is 0 Å². The molecule has 7 heteroatoms. The van der Waals surface area contributed by atoms with E-state index in [0.717, 1.165) is 33.4 Å². The highest BCUT2D eigenvalue weighted by molar-refractivity contribution is 8.18. The van der Waals surface area contributed by atoms with Gasteiger partial charge in [0.1, 0.15) is 12.3 Å². The number of carbonyl (C=O) groups is 3. The van der Waals surface area contributed by atoms with Gasteiger partial charge >= 0.3 is 0 Å². The summed E-state index contributed by atoms with van der Waals surface area (Å²) in [5.74, 6) is -0.206. The number of imide groups is 1. The van der Waals surface area contributed by atoms with Gasteiger partial charge in [-0.1, -0.05) is 18.2 Å². The molecule has 0 aromatic heterocycles. The Bertz CT molecular complexity index is 980. The molecular weight excluding hydrogens is 388 g/mol. The third-order valence-corrected chi connectivity index (χ3v) is 5.06. The minimum atomic E-state index is -0.475. The van der Waals surface area contributed by atoms with E-state index in [9.17, 15) is 14.4 Å². The van der Waals surface area contributed by atoms with E-state index in [2.05, 4.69) is 5.32 Å². The molecule has 0 spiro atoms. The van der Waals surface area contributed by atoms with Crippen LogP contribution in [0.5, 0.6) is 5.75 Å². The van der Waals surface area contributed by atoms with Crippen LogP contribution in [0.25, 0.3) is 6.08 Å². The van der Waals surface area contributed by atoms with E-state index >= 15 is 0 Å². The normalized spacial score (nSPS) is 15.1. The number of carbonyl (C=O) groups excluding carboxylic acids is 3. The first-order valence-corrected chi connectivity index (χ1v) is 10.0. The van der Waals surface area contributed by atoms with Crippen molar-refractivity contribution in [2.24, 2.45) is 0 Å². The van der Waals surface area contributed by atoms with Gasteiger partial charge in [-0.3, -0.25) is 19.3 Å². The number of hydrogen-bond acceptors (Lipinski definition) is 5. The maximum absolute atomic E-state index is 12.6. The van der Waals surface area contributed by atoms with Crippen molar-refractivity contribution in [2.45, 2.75) is 20.8 Å². The predicted octanol–water partition coefficient (Wildman–Crippen LogP) is 4.38. The highest BCUT2D eigenvalue weighted by Gasteiger charge is 2.36. The van der Waals surface area contributed by atoms with Gasteiger partial charge in [-0.15, -0.1) is 0 Å². The molecule has 29 heavy (non-hydrogen) atoms. The zero-order valence-corrected chi connectivity index (χ0v) is 17.3. The highest BCUT2D eigenvalue weighted by Crippen LogP contribution is 2.32. The van der Waals surface area contributed by atoms with Gasteiger partial charge in [-0.2, -0.15) is 0 Å². The molecule has 1 aliphatic heterocycles. The van der Waals surface area contributed by atoms with E-state index < -0.39 is 17.1 Å². The number of benzene rings is 2. The van der Waals surface area contributed by atoms with Crippen molar-refractivity contribution in [3.05, 3.63) is 64.1 Å². The van der Waals surface area contributed by atoms with E-state index in [4.69, 9.17) is 4.74 Å². The molecule has 0 saturated carbocycles. The average Bonchev–Trinajstić information content (AvgIpc) is 2.89. The van der Waals surface area contributed by atoms with Crippen molar-refractivity contribution in [2.75, 3.05) is 18.5 Å². The first kappa shape index (κ1) is 20.7. The Hall–Kier alpha value is -3.06. The summed E-state index contributed by atoms with van der Waals surface area (Å²) >= 11 is 0.827. The first-order valence-electron chi connectivity index (χ1n) is 9.22. The molecule has 0 radical (unpaired) electrons. The van der Waals surface area contributed by atoms with E-state index in [1.54, 1.807) is 12.1 Å². The lowest BCUT2D eigenvalue weighted by atomic mass is 10.1. The number of rotatable bonds is 6. The monoisotopic (exact) mass is 410 g/mol. The predicted molar refractivity (Wildman–Crippen MR) is 115 cm³/mol. The summed E-state index contributed by atoms with van der Waals surface area (Å²) in [6.07, 6.45) is 1.63. The summed E-state index contributed by atoms with van der Waals surface area (Å²) in [7, 11) is 0. The van der Waals surface area contributed by atoms with Crippen LogP contribution >= 0.6 is 11.8 Å². The van der Waals surface area contributed by atoms with Gasteiger partial charge in [0.2, 0.25) is 5.91 Å². The fourth-order valence-electron chi connectivity index (χ4n) is 3.04. The minimum absolute atomic E-state index is 0.280. The average molecular weight is 410 g/mol. The van der Waals surface area contributed by atoms with E-state index in [1.807, 2.05) is 57.2 Å². The van der Waals surface area contributed by atoms with Crippen LogP contribution in [-0.2, 0) is 9.59 Å². The maximum Gasteiger partial charge on any atom is 0.294 e. The number of hydrogen-bond donors (Lipinski definition) is 1. The SMILES string of the molecule is CCOc1cccc(/C=C2\SC(=O)N(CC(=O)Nc3cc(C)cc(C)c3)C2=O)c1. The van der Waals surface area contributed by atoms with E-state index in [1.165, 1.54) is 0 Å². The fraction of sp³-hybridized carbons (Fsp3) is 0.227. The van der Waals surface area contributed by atoms with E-state index in [0.29, 0.717) is 18.0 Å².